The van der Waals surface area contributed by atoms with Crippen LogP contribution in [0.15, 0.2) is 0 Å². The Balaban J connectivity index is 3.78. The van der Waals surface area contributed by atoms with Crippen LogP contribution >= 0.6 is 0 Å². The monoisotopic (exact) mass is 438 g/mol. The lowest BCUT2D eigenvalue weighted by molar-refractivity contribution is 0.0878. The minimum atomic E-state index is 0.820. The maximum absolute atomic E-state index is 6.14. The van der Waals surface area contributed by atoms with Crippen molar-refractivity contribution in [3.8, 4) is 0 Å². The van der Waals surface area contributed by atoms with Gasteiger partial charge in [0.1, 0.15) is 0 Å². The summed E-state index contributed by atoms with van der Waals surface area (Å²) in [6, 6.07) is 0. The standard InChI is InChI=1S/C30H62O/c1-4-7-10-13-16-17-18-19-21-24-27-30(26-23-20-14-11-8-5-2)29-31-28-25-22-15-12-9-6-3/h30H,4-29H2,1-3H3. The van der Waals surface area contributed by atoms with Crippen LogP contribution in [0.4, 0.5) is 0 Å². The molecule has 1 atom stereocenters. The van der Waals surface area contributed by atoms with Crippen LogP contribution < -0.4 is 0 Å². The molecular weight excluding hydrogens is 376 g/mol. The van der Waals surface area contributed by atoms with E-state index < -0.39 is 0 Å². The van der Waals surface area contributed by atoms with Crippen molar-refractivity contribution < 1.29 is 4.74 Å². The van der Waals surface area contributed by atoms with Crippen molar-refractivity contribution in [1.82, 2.24) is 0 Å². The second-order valence-corrected chi connectivity index (χ2v) is 10.2. The summed E-state index contributed by atoms with van der Waals surface area (Å²) in [4.78, 5) is 0. The van der Waals surface area contributed by atoms with E-state index in [2.05, 4.69) is 20.8 Å². The van der Waals surface area contributed by atoms with Crippen molar-refractivity contribution in [2.24, 2.45) is 5.92 Å². The van der Waals surface area contributed by atoms with Gasteiger partial charge in [-0.25, -0.2) is 0 Å². The Bertz CT molecular complexity index is 301. The molecular formula is C30H62O. The van der Waals surface area contributed by atoms with Crippen LogP contribution in [0, 0.1) is 5.92 Å². The van der Waals surface area contributed by atoms with E-state index in [1.54, 1.807) is 0 Å². The summed E-state index contributed by atoms with van der Waals surface area (Å²) in [5.74, 6) is 0.820. The lowest BCUT2D eigenvalue weighted by Crippen LogP contribution is -2.11. The molecule has 1 heteroatoms. The van der Waals surface area contributed by atoms with Crippen LogP contribution in [0.25, 0.3) is 0 Å². The Morgan fingerprint density at radius 3 is 1.10 bits per heavy atom. The van der Waals surface area contributed by atoms with Crippen molar-refractivity contribution in [3.05, 3.63) is 0 Å². The zero-order chi connectivity index (χ0) is 22.7. The van der Waals surface area contributed by atoms with Crippen molar-refractivity contribution in [2.45, 2.75) is 175 Å². The third-order valence-corrected chi connectivity index (χ3v) is 6.93. The highest BCUT2D eigenvalue weighted by atomic mass is 16.5. The Morgan fingerprint density at radius 2 is 0.710 bits per heavy atom. The second kappa shape index (κ2) is 28.0. The molecule has 0 N–H and O–H groups in total. The van der Waals surface area contributed by atoms with Crippen molar-refractivity contribution in [1.29, 1.82) is 0 Å². The molecule has 0 rings (SSSR count). The average Bonchev–Trinajstić information content (AvgIpc) is 2.78. The molecule has 0 saturated heterocycles. The largest absolute Gasteiger partial charge is 0.381 e. The van der Waals surface area contributed by atoms with Crippen LogP contribution in [0.1, 0.15) is 175 Å². The fourth-order valence-electron chi connectivity index (χ4n) is 4.68. The summed E-state index contributed by atoms with van der Waals surface area (Å²) in [6.45, 7) is 8.93. The average molecular weight is 439 g/mol. The van der Waals surface area contributed by atoms with E-state index >= 15 is 0 Å². The molecule has 0 saturated carbocycles. The third kappa shape index (κ3) is 26.1. The summed E-state index contributed by atoms with van der Waals surface area (Å²) in [7, 11) is 0. The van der Waals surface area contributed by atoms with Gasteiger partial charge in [0, 0.05) is 13.2 Å². The van der Waals surface area contributed by atoms with E-state index in [4.69, 9.17) is 4.74 Å². The molecule has 0 aliphatic rings. The molecule has 0 aromatic heterocycles. The summed E-state index contributed by atoms with van der Waals surface area (Å²) < 4.78 is 6.14. The maximum atomic E-state index is 6.14. The molecule has 0 spiro atoms. The Kier molecular flexibility index (Phi) is 28.0. The normalized spacial score (nSPS) is 12.5. The van der Waals surface area contributed by atoms with Gasteiger partial charge in [0.2, 0.25) is 0 Å². The fraction of sp³-hybridized carbons (Fsp3) is 1.00. The quantitative estimate of drug-likeness (QED) is 0.116. The van der Waals surface area contributed by atoms with E-state index in [0.717, 1.165) is 19.1 Å². The maximum Gasteiger partial charge on any atom is 0.0494 e. The van der Waals surface area contributed by atoms with Crippen LogP contribution in [-0.2, 0) is 4.74 Å². The zero-order valence-electron chi connectivity index (χ0n) is 22.4. The first-order valence-corrected chi connectivity index (χ1v) is 14.9. The first-order chi connectivity index (χ1) is 15.3. The minimum absolute atomic E-state index is 0.820. The predicted molar refractivity (Wildman–Crippen MR) is 142 cm³/mol. The van der Waals surface area contributed by atoms with Gasteiger partial charge in [-0.1, -0.05) is 156 Å². The van der Waals surface area contributed by atoms with E-state index in [1.165, 1.54) is 154 Å². The van der Waals surface area contributed by atoms with E-state index in [0.29, 0.717) is 0 Å². The van der Waals surface area contributed by atoms with Crippen molar-refractivity contribution in [3.63, 3.8) is 0 Å². The molecule has 0 aliphatic carbocycles. The highest BCUT2D eigenvalue weighted by molar-refractivity contribution is 4.61. The van der Waals surface area contributed by atoms with E-state index in [9.17, 15) is 0 Å². The Morgan fingerprint density at radius 1 is 0.387 bits per heavy atom. The summed E-state index contributed by atoms with van der Waals surface area (Å²) >= 11 is 0. The molecule has 0 amide bonds. The molecule has 1 nitrogen and oxygen atoms in total. The Labute approximate surface area is 198 Å². The van der Waals surface area contributed by atoms with Crippen LogP contribution in [0.3, 0.4) is 0 Å². The molecule has 0 heterocycles. The van der Waals surface area contributed by atoms with Gasteiger partial charge in [0.25, 0.3) is 0 Å². The van der Waals surface area contributed by atoms with Gasteiger partial charge >= 0.3 is 0 Å². The highest BCUT2D eigenvalue weighted by Crippen LogP contribution is 2.20. The van der Waals surface area contributed by atoms with E-state index in [1.807, 2.05) is 0 Å². The molecule has 188 valence electrons. The van der Waals surface area contributed by atoms with Crippen LogP contribution in [0.2, 0.25) is 0 Å². The van der Waals surface area contributed by atoms with Gasteiger partial charge in [-0.3, -0.25) is 0 Å². The Hall–Kier alpha value is -0.0400. The van der Waals surface area contributed by atoms with Crippen molar-refractivity contribution >= 4 is 0 Å². The molecule has 0 aliphatic heterocycles. The summed E-state index contributed by atoms with van der Waals surface area (Å²) in [5.41, 5.74) is 0. The zero-order valence-corrected chi connectivity index (χ0v) is 22.4. The number of rotatable bonds is 27. The van der Waals surface area contributed by atoms with Gasteiger partial charge in [-0.2, -0.15) is 0 Å². The first-order valence-electron chi connectivity index (χ1n) is 14.9. The number of hydrogen-bond acceptors (Lipinski definition) is 1. The van der Waals surface area contributed by atoms with Crippen LogP contribution in [-0.4, -0.2) is 13.2 Å². The molecule has 31 heavy (non-hydrogen) atoms. The lowest BCUT2D eigenvalue weighted by atomic mass is 9.94. The molecule has 1 unspecified atom stereocenters. The topological polar surface area (TPSA) is 9.23 Å². The summed E-state index contributed by atoms with van der Waals surface area (Å²) in [6.07, 6.45) is 33.9. The number of ether oxygens (including phenoxy) is 1. The molecule has 0 radical (unpaired) electrons. The highest BCUT2D eigenvalue weighted by Gasteiger charge is 2.09. The fourth-order valence-corrected chi connectivity index (χ4v) is 4.68. The predicted octanol–water partition coefficient (Wildman–Crippen LogP) is 11.0. The molecule has 0 bridgehead atoms. The number of hydrogen-bond donors (Lipinski definition) is 0. The minimum Gasteiger partial charge on any atom is -0.381 e. The second-order valence-electron chi connectivity index (χ2n) is 10.2. The SMILES string of the molecule is CCCCCCCCCCCCC(CCCCCCCC)COCCCCCCCC. The van der Waals surface area contributed by atoms with Gasteiger partial charge in [-0.15, -0.1) is 0 Å². The molecule has 0 aromatic rings. The third-order valence-electron chi connectivity index (χ3n) is 6.93. The van der Waals surface area contributed by atoms with Crippen LogP contribution in [0.5, 0.6) is 0 Å². The van der Waals surface area contributed by atoms with E-state index in [-0.39, 0.29) is 0 Å². The smallest absolute Gasteiger partial charge is 0.0494 e. The summed E-state index contributed by atoms with van der Waals surface area (Å²) in [5, 5.41) is 0. The first kappa shape index (κ1) is 31.0. The molecule has 0 aromatic carbocycles. The van der Waals surface area contributed by atoms with Gasteiger partial charge in [0.15, 0.2) is 0 Å². The molecule has 0 fully saturated rings. The van der Waals surface area contributed by atoms with Crippen molar-refractivity contribution in [2.75, 3.05) is 13.2 Å². The number of unbranched alkanes of at least 4 members (excludes halogenated alkanes) is 19. The van der Waals surface area contributed by atoms with Gasteiger partial charge in [-0.05, 0) is 25.2 Å². The van der Waals surface area contributed by atoms with Gasteiger partial charge in [0.05, 0.1) is 0 Å². The van der Waals surface area contributed by atoms with Gasteiger partial charge < -0.3 is 4.74 Å². The lowest BCUT2D eigenvalue weighted by Gasteiger charge is -2.17.